The van der Waals surface area contributed by atoms with Gasteiger partial charge in [-0.25, -0.2) is 22.8 Å². The zero-order valence-corrected chi connectivity index (χ0v) is 18.8. The van der Waals surface area contributed by atoms with Crippen LogP contribution in [0, 0.1) is 17.5 Å². The number of hydrogen-bond acceptors (Lipinski definition) is 4. The van der Waals surface area contributed by atoms with Gasteiger partial charge < -0.3 is 10.4 Å². The van der Waals surface area contributed by atoms with E-state index in [0.717, 1.165) is 12.1 Å². The maximum Gasteiger partial charge on any atom is 0.227 e. The molecule has 1 heterocycles. The van der Waals surface area contributed by atoms with Crippen molar-refractivity contribution in [3.8, 4) is 11.1 Å². The van der Waals surface area contributed by atoms with Crippen molar-refractivity contribution < 1.29 is 23.1 Å². The van der Waals surface area contributed by atoms with E-state index in [1.54, 1.807) is 31.2 Å². The van der Waals surface area contributed by atoms with Crippen molar-refractivity contribution in [3.05, 3.63) is 108 Å². The summed E-state index contributed by atoms with van der Waals surface area (Å²) in [6.07, 6.45) is 2.57. The SMILES string of the molecule is C[C@@H](C(=O)NC[C@@](O)(Cn1cncn1)c1ccc(F)cc1F)c1ccc(-c2ccccc2)c(F)c1. The highest BCUT2D eigenvalue weighted by atomic mass is 19.1. The minimum atomic E-state index is -1.96. The van der Waals surface area contributed by atoms with E-state index in [1.807, 2.05) is 18.2 Å². The monoisotopic (exact) mass is 480 g/mol. The topological polar surface area (TPSA) is 80.0 Å². The van der Waals surface area contributed by atoms with Crippen molar-refractivity contribution >= 4 is 5.91 Å². The highest BCUT2D eigenvalue weighted by molar-refractivity contribution is 5.83. The van der Waals surface area contributed by atoms with Crippen LogP contribution in [0.3, 0.4) is 0 Å². The Balaban J connectivity index is 1.53. The molecular formula is C26H23F3N4O2. The van der Waals surface area contributed by atoms with E-state index in [0.29, 0.717) is 22.8 Å². The maximum absolute atomic E-state index is 14.8. The first-order chi connectivity index (χ1) is 16.8. The minimum absolute atomic E-state index is 0.208. The molecule has 0 unspecified atom stereocenters. The molecule has 1 amide bonds. The van der Waals surface area contributed by atoms with Gasteiger partial charge in [0.1, 0.15) is 35.7 Å². The van der Waals surface area contributed by atoms with E-state index in [2.05, 4.69) is 15.4 Å². The largest absolute Gasteiger partial charge is 0.381 e. The van der Waals surface area contributed by atoms with Gasteiger partial charge in [-0.05, 0) is 30.2 Å². The average molecular weight is 480 g/mol. The smallest absolute Gasteiger partial charge is 0.227 e. The van der Waals surface area contributed by atoms with Gasteiger partial charge in [-0.3, -0.25) is 4.79 Å². The fourth-order valence-electron chi connectivity index (χ4n) is 3.88. The van der Waals surface area contributed by atoms with Crippen LogP contribution in [0.2, 0.25) is 0 Å². The normalized spacial score (nSPS) is 13.7. The standard InChI is InChI=1S/C26H23F3N4O2/c1-17(19-7-9-21(23(28)11-19)18-5-3-2-4-6-18)25(34)31-13-26(35,14-33-16-30-15-32-33)22-10-8-20(27)12-24(22)29/h2-12,15-17,35H,13-14H2,1H3,(H,31,34)/t17-,26-/m1/s1. The highest BCUT2D eigenvalue weighted by Crippen LogP contribution is 2.28. The fraction of sp³-hybridized carbons (Fsp3) is 0.192. The number of hydrogen-bond donors (Lipinski definition) is 2. The van der Waals surface area contributed by atoms with Crippen LogP contribution < -0.4 is 5.32 Å². The zero-order valence-electron chi connectivity index (χ0n) is 18.8. The minimum Gasteiger partial charge on any atom is -0.381 e. The number of nitrogens with one attached hydrogen (secondary N) is 1. The summed E-state index contributed by atoms with van der Waals surface area (Å²) in [4.78, 5) is 16.7. The van der Waals surface area contributed by atoms with Crippen molar-refractivity contribution in [2.24, 2.45) is 0 Å². The quantitative estimate of drug-likeness (QED) is 0.397. The molecule has 9 heteroatoms. The summed E-state index contributed by atoms with van der Waals surface area (Å²) in [5.74, 6) is -3.50. The van der Waals surface area contributed by atoms with Crippen LogP contribution in [0.25, 0.3) is 11.1 Å². The molecule has 3 aromatic carbocycles. The number of carbonyl (C=O) groups is 1. The third-order valence-corrected chi connectivity index (χ3v) is 5.85. The second-order valence-corrected chi connectivity index (χ2v) is 8.29. The van der Waals surface area contributed by atoms with Gasteiger partial charge in [0.2, 0.25) is 5.91 Å². The lowest BCUT2D eigenvalue weighted by molar-refractivity contribution is -0.123. The lowest BCUT2D eigenvalue weighted by Crippen LogP contribution is -2.45. The third kappa shape index (κ3) is 5.41. The molecule has 0 fully saturated rings. The third-order valence-electron chi connectivity index (χ3n) is 5.85. The van der Waals surface area contributed by atoms with Crippen LogP contribution >= 0.6 is 0 Å². The van der Waals surface area contributed by atoms with Gasteiger partial charge in [-0.15, -0.1) is 0 Å². The summed E-state index contributed by atoms with van der Waals surface area (Å²) < 4.78 is 44.0. The molecule has 180 valence electrons. The number of nitrogens with zero attached hydrogens (tertiary/aromatic N) is 3. The summed E-state index contributed by atoms with van der Waals surface area (Å²) >= 11 is 0. The Labute approximate surface area is 200 Å². The first kappa shape index (κ1) is 24.2. The van der Waals surface area contributed by atoms with E-state index in [9.17, 15) is 23.1 Å². The van der Waals surface area contributed by atoms with Crippen molar-refractivity contribution in [2.45, 2.75) is 25.0 Å². The molecule has 0 saturated heterocycles. The molecule has 0 bridgehead atoms. The number of aromatic nitrogens is 3. The molecule has 0 radical (unpaired) electrons. The summed E-state index contributed by atoms with van der Waals surface area (Å²) in [6, 6.07) is 16.4. The molecule has 4 rings (SSSR count). The summed E-state index contributed by atoms with van der Waals surface area (Å²) in [5.41, 5.74) is -0.597. The molecule has 35 heavy (non-hydrogen) atoms. The molecule has 0 saturated carbocycles. The van der Waals surface area contributed by atoms with Crippen LogP contribution in [-0.2, 0) is 16.9 Å². The number of benzene rings is 3. The Hall–Kier alpha value is -3.98. The lowest BCUT2D eigenvalue weighted by atomic mass is 9.92. The number of aliphatic hydroxyl groups is 1. The predicted molar refractivity (Wildman–Crippen MR) is 124 cm³/mol. The fourth-order valence-corrected chi connectivity index (χ4v) is 3.88. The van der Waals surface area contributed by atoms with Crippen LogP contribution in [0.1, 0.15) is 24.0 Å². The van der Waals surface area contributed by atoms with E-state index in [-0.39, 0.29) is 12.1 Å². The van der Waals surface area contributed by atoms with Crippen molar-refractivity contribution in [3.63, 3.8) is 0 Å². The Bertz CT molecular complexity index is 1320. The second kappa shape index (κ2) is 10.1. The van der Waals surface area contributed by atoms with Gasteiger partial charge in [0.15, 0.2) is 0 Å². The molecule has 0 aliphatic rings. The number of amides is 1. The molecule has 2 N–H and O–H groups in total. The first-order valence-electron chi connectivity index (χ1n) is 10.9. The Morgan fingerprint density at radius 2 is 1.83 bits per heavy atom. The number of halogens is 3. The van der Waals surface area contributed by atoms with Gasteiger partial charge in [-0.1, -0.05) is 48.5 Å². The molecule has 0 aliphatic carbocycles. The molecule has 1 aromatic heterocycles. The van der Waals surface area contributed by atoms with E-state index in [4.69, 9.17) is 0 Å². The average Bonchev–Trinajstić information content (AvgIpc) is 3.35. The molecule has 4 aromatic rings. The van der Waals surface area contributed by atoms with Crippen LogP contribution in [0.4, 0.5) is 13.2 Å². The summed E-state index contributed by atoms with van der Waals surface area (Å²) in [5, 5.41) is 17.8. The highest BCUT2D eigenvalue weighted by Gasteiger charge is 2.34. The molecular weight excluding hydrogens is 457 g/mol. The van der Waals surface area contributed by atoms with Crippen LogP contribution in [0.15, 0.2) is 79.4 Å². The first-order valence-corrected chi connectivity index (χ1v) is 10.9. The number of carbonyl (C=O) groups excluding carboxylic acids is 1. The zero-order chi connectivity index (χ0) is 25.0. The summed E-state index contributed by atoms with van der Waals surface area (Å²) in [7, 11) is 0. The van der Waals surface area contributed by atoms with Gasteiger partial charge in [-0.2, -0.15) is 5.10 Å². The number of rotatable bonds is 8. The molecule has 2 atom stereocenters. The molecule has 0 spiro atoms. The second-order valence-electron chi connectivity index (χ2n) is 8.29. The Kier molecular flexibility index (Phi) is 6.97. The molecule has 6 nitrogen and oxygen atoms in total. The van der Waals surface area contributed by atoms with Crippen LogP contribution in [-0.4, -0.2) is 32.3 Å². The van der Waals surface area contributed by atoms with E-state index < -0.39 is 41.4 Å². The van der Waals surface area contributed by atoms with Crippen molar-refractivity contribution in [1.29, 1.82) is 0 Å². The predicted octanol–water partition coefficient (Wildman–Crippen LogP) is 4.17. The lowest BCUT2D eigenvalue weighted by Gasteiger charge is -2.29. The maximum atomic E-state index is 14.8. The Morgan fingerprint density at radius 3 is 2.49 bits per heavy atom. The van der Waals surface area contributed by atoms with E-state index >= 15 is 0 Å². The molecule has 0 aliphatic heterocycles. The van der Waals surface area contributed by atoms with Gasteiger partial charge in [0.25, 0.3) is 0 Å². The Morgan fingerprint density at radius 1 is 1.06 bits per heavy atom. The van der Waals surface area contributed by atoms with Gasteiger partial charge in [0, 0.05) is 17.2 Å². The van der Waals surface area contributed by atoms with Gasteiger partial charge >= 0.3 is 0 Å². The van der Waals surface area contributed by atoms with Crippen molar-refractivity contribution in [2.75, 3.05) is 6.54 Å². The van der Waals surface area contributed by atoms with Gasteiger partial charge in [0.05, 0.1) is 19.0 Å². The van der Waals surface area contributed by atoms with Crippen LogP contribution in [0.5, 0.6) is 0 Å². The van der Waals surface area contributed by atoms with Crippen molar-refractivity contribution in [1.82, 2.24) is 20.1 Å². The van der Waals surface area contributed by atoms with E-state index in [1.165, 1.54) is 23.4 Å². The summed E-state index contributed by atoms with van der Waals surface area (Å²) in [6.45, 7) is 0.953.